The van der Waals surface area contributed by atoms with Crippen molar-refractivity contribution in [2.75, 3.05) is 63.1 Å². The van der Waals surface area contributed by atoms with E-state index in [1.807, 2.05) is 12.1 Å². The first kappa shape index (κ1) is 24.6. The van der Waals surface area contributed by atoms with Gasteiger partial charge in [0.15, 0.2) is 11.6 Å². The summed E-state index contributed by atoms with van der Waals surface area (Å²) in [6.07, 6.45) is 0.298. The summed E-state index contributed by atoms with van der Waals surface area (Å²) < 4.78 is 6.61. The second-order valence-electron chi connectivity index (χ2n) is 9.13. The molecule has 3 aromatic rings. The number of piperazine rings is 1. The van der Waals surface area contributed by atoms with Gasteiger partial charge in [-0.05, 0) is 19.1 Å². The molecule has 4 N–H and O–H groups in total. The van der Waals surface area contributed by atoms with E-state index in [4.69, 9.17) is 25.8 Å². The lowest BCUT2D eigenvalue weighted by atomic mass is 10.1. The molecule has 11 heteroatoms. The maximum atomic E-state index is 12.1. The zero-order chi connectivity index (χ0) is 25.2. The maximum absolute atomic E-state index is 12.1. The average molecular weight is 510 g/mol. The van der Waals surface area contributed by atoms with Crippen LogP contribution in [0.2, 0.25) is 0 Å². The molecule has 0 spiro atoms. The molecular formula is C25H31N7O3S. The van der Waals surface area contributed by atoms with Crippen LogP contribution in [0.1, 0.15) is 17.4 Å². The van der Waals surface area contributed by atoms with Crippen LogP contribution in [0.4, 0.5) is 11.5 Å². The van der Waals surface area contributed by atoms with E-state index in [0.717, 1.165) is 54.3 Å². The summed E-state index contributed by atoms with van der Waals surface area (Å²) in [6.45, 7) is 7.83. The summed E-state index contributed by atoms with van der Waals surface area (Å²) >= 11 is 1.70. The van der Waals surface area contributed by atoms with Crippen molar-refractivity contribution in [3.8, 4) is 11.4 Å². The number of aromatic nitrogens is 2. The first-order valence-electron chi connectivity index (χ1n) is 12.2. The Hall–Kier alpha value is -3.12. The van der Waals surface area contributed by atoms with E-state index in [9.17, 15) is 9.90 Å². The molecule has 1 atom stereocenters. The van der Waals surface area contributed by atoms with Crippen LogP contribution in [-0.4, -0.2) is 95.6 Å². The summed E-state index contributed by atoms with van der Waals surface area (Å²) in [6, 6.07) is 7.67. The Labute approximate surface area is 213 Å². The van der Waals surface area contributed by atoms with Crippen molar-refractivity contribution < 1.29 is 14.6 Å². The second kappa shape index (κ2) is 10.5. The van der Waals surface area contributed by atoms with Gasteiger partial charge in [0.2, 0.25) is 0 Å². The summed E-state index contributed by atoms with van der Waals surface area (Å²) in [4.78, 5) is 29.5. The Morgan fingerprint density at radius 1 is 1.22 bits per heavy atom. The number of nitrogens with zero attached hydrogens (tertiary/aromatic N) is 5. The number of benzene rings is 1. The number of rotatable bonds is 6. The topological polar surface area (TPSA) is 132 Å². The van der Waals surface area contributed by atoms with Crippen LogP contribution in [-0.2, 0) is 16.1 Å². The van der Waals surface area contributed by atoms with Gasteiger partial charge in [0.05, 0.1) is 23.4 Å². The third-order valence-electron chi connectivity index (χ3n) is 6.66. The standard InChI is InChI=1S/C25H31N7O3S/c1-16(33)25(34)32-7-5-30(6-8-32)15-17-13-21-22(36-17)24(31-9-11-35-12-10-31)29-23(28-21)18-3-2-4-20(27)19(18)14-26/h2-4,13-14,16,26,33H,5-12,15,27H2,1H3/t16-/m1/s1. The predicted octanol–water partition coefficient (Wildman–Crippen LogP) is 1.80. The Kier molecular flexibility index (Phi) is 7.15. The fourth-order valence-corrected chi connectivity index (χ4v) is 5.86. The molecule has 2 aliphatic heterocycles. The number of hydrogen-bond acceptors (Lipinski definition) is 10. The number of aliphatic hydroxyl groups excluding tert-OH is 1. The zero-order valence-corrected chi connectivity index (χ0v) is 21.1. The molecule has 0 bridgehead atoms. The van der Waals surface area contributed by atoms with Crippen LogP contribution in [0.5, 0.6) is 0 Å². The maximum Gasteiger partial charge on any atom is 0.251 e. The highest BCUT2D eigenvalue weighted by Gasteiger charge is 2.25. The van der Waals surface area contributed by atoms with Gasteiger partial charge in [0, 0.05) is 73.7 Å². The van der Waals surface area contributed by atoms with Crippen molar-refractivity contribution in [2.45, 2.75) is 19.6 Å². The van der Waals surface area contributed by atoms with Crippen LogP contribution in [0.15, 0.2) is 24.3 Å². The number of carbonyl (C=O) groups excluding carboxylic acids is 1. The highest BCUT2D eigenvalue weighted by Crippen LogP contribution is 2.36. The molecule has 0 aliphatic carbocycles. The van der Waals surface area contributed by atoms with Crippen molar-refractivity contribution in [3.63, 3.8) is 0 Å². The van der Waals surface area contributed by atoms with Gasteiger partial charge in [-0.1, -0.05) is 12.1 Å². The summed E-state index contributed by atoms with van der Waals surface area (Å²) in [5, 5.41) is 17.5. The predicted molar refractivity (Wildman–Crippen MR) is 142 cm³/mol. The van der Waals surface area contributed by atoms with Crippen molar-refractivity contribution in [1.82, 2.24) is 19.8 Å². The molecule has 2 aliphatic rings. The van der Waals surface area contributed by atoms with Crippen LogP contribution >= 0.6 is 11.3 Å². The fraction of sp³-hybridized carbons (Fsp3) is 0.440. The monoisotopic (exact) mass is 509 g/mol. The number of morpholine rings is 1. The van der Waals surface area contributed by atoms with E-state index in [-0.39, 0.29) is 5.91 Å². The van der Waals surface area contributed by atoms with E-state index >= 15 is 0 Å². The Morgan fingerprint density at radius 3 is 2.67 bits per heavy atom. The molecule has 10 nitrogen and oxygen atoms in total. The molecule has 2 fully saturated rings. The molecule has 190 valence electrons. The van der Waals surface area contributed by atoms with Crippen molar-refractivity contribution in [3.05, 3.63) is 34.7 Å². The number of ether oxygens (including phenoxy) is 1. The normalized spacial score (nSPS) is 17.9. The van der Waals surface area contributed by atoms with Crippen molar-refractivity contribution >= 4 is 45.2 Å². The number of carbonyl (C=O) groups is 1. The summed E-state index contributed by atoms with van der Waals surface area (Å²) in [7, 11) is 0. The van der Waals surface area contributed by atoms with Gasteiger partial charge in [-0.3, -0.25) is 9.69 Å². The van der Waals surface area contributed by atoms with Gasteiger partial charge in [-0.15, -0.1) is 11.3 Å². The van der Waals surface area contributed by atoms with E-state index in [1.54, 1.807) is 22.3 Å². The first-order chi connectivity index (χ1) is 17.4. The smallest absolute Gasteiger partial charge is 0.251 e. The molecule has 0 saturated carbocycles. The highest BCUT2D eigenvalue weighted by atomic mass is 32.1. The van der Waals surface area contributed by atoms with Crippen LogP contribution in [0.25, 0.3) is 21.6 Å². The van der Waals surface area contributed by atoms with Gasteiger partial charge >= 0.3 is 0 Å². The van der Waals surface area contributed by atoms with Gasteiger partial charge < -0.3 is 30.8 Å². The van der Waals surface area contributed by atoms with Crippen LogP contribution in [0, 0.1) is 5.41 Å². The number of hydrogen-bond donors (Lipinski definition) is 3. The summed E-state index contributed by atoms with van der Waals surface area (Å²) in [5.41, 5.74) is 8.90. The molecule has 0 radical (unpaired) electrons. The van der Waals surface area contributed by atoms with E-state index in [0.29, 0.717) is 43.4 Å². The van der Waals surface area contributed by atoms with Gasteiger partial charge in [-0.2, -0.15) is 0 Å². The van der Waals surface area contributed by atoms with Crippen LogP contribution < -0.4 is 10.6 Å². The van der Waals surface area contributed by atoms with E-state index < -0.39 is 6.10 Å². The minimum absolute atomic E-state index is 0.208. The van der Waals surface area contributed by atoms with Gasteiger partial charge in [0.1, 0.15) is 6.10 Å². The lowest BCUT2D eigenvalue weighted by molar-refractivity contribution is -0.141. The quantitative estimate of drug-likeness (QED) is 0.339. The lowest BCUT2D eigenvalue weighted by Crippen LogP contribution is -2.50. The minimum Gasteiger partial charge on any atom is -0.398 e. The molecule has 1 aromatic carbocycles. The molecule has 4 heterocycles. The second-order valence-corrected chi connectivity index (χ2v) is 10.3. The average Bonchev–Trinajstić information content (AvgIpc) is 3.30. The molecular weight excluding hydrogens is 478 g/mol. The van der Waals surface area contributed by atoms with Crippen molar-refractivity contribution in [2.24, 2.45) is 0 Å². The molecule has 1 amide bonds. The van der Waals surface area contributed by atoms with Gasteiger partial charge in [-0.25, -0.2) is 9.97 Å². The SMILES string of the molecule is C[C@@H](O)C(=O)N1CCN(Cc2cc3nc(-c4cccc(N)c4C=N)nc(N4CCOCC4)c3s2)CC1. The largest absolute Gasteiger partial charge is 0.398 e. The Bertz CT molecular complexity index is 1260. The Morgan fingerprint density at radius 2 is 1.97 bits per heavy atom. The van der Waals surface area contributed by atoms with Gasteiger partial charge in [0.25, 0.3) is 5.91 Å². The van der Waals surface area contributed by atoms with Crippen LogP contribution in [0.3, 0.4) is 0 Å². The van der Waals surface area contributed by atoms with E-state index in [1.165, 1.54) is 18.0 Å². The first-order valence-corrected chi connectivity index (χ1v) is 13.0. The number of nitrogens with two attached hydrogens (primary N) is 1. The number of nitrogens with one attached hydrogen (secondary N) is 1. The fourth-order valence-electron chi connectivity index (χ4n) is 4.70. The zero-order valence-electron chi connectivity index (χ0n) is 20.3. The molecule has 5 rings (SSSR count). The Balaban J connectivity index is 1.46. The minimum atomic E-state index is -0.960. The third kappa shape index (κ3) is 4.92. The van der Waals surface area contributed by atoms with E-state index in [2.05, 4.69) is 15.9 Å². The number of anilines is 2. The number of thiophene rings is 1. The number of fused-ring (bicyclic) bond motifs is 1. The molecule has 0 unspecified atom stereocenters. The third-order valence-corrected chi connectivity index (χ3v) is 7.77. The molecule has 36 heavy (non-hydrogen) atoms. The van der Waals surface area contributed by atoms with Crippen molar-refractivity contribution in [1.29, 1.82) is 5.41 Å². The number of nitrogen functional groups attached to an aromatic ring is 1. The highest BCUT2D eigenvalue weighted by molar-refractivity contribution is 7.19. The number of amides is 1. The molecule has 2 saturated heterocycles. The molecule has 2 aromatic heterocycles. The summed E-state index contributed by atoms with van der Waals surface area (Å²) in [5.74, 6) is 1.24. The lowest BCUT2D eigenvalue weighted by Gasteiger charge is -2.35. The number of aliphatic hydroxyl groups is 1.